The fourth-order valence-electron chi connectivity index (χ4n) is 12.6. The second kappa shape index (κ2) is 15.0. The van der Waals surface area contributed by atoms with E-state index >= 15 is 0 Å². The van der Waals surface area contributed by atoms with E-state index in [-0.39, 0.29) is 0 Å². The lowest BCUT2D eigenvalue weighted by Gasteiger charge is -2.18. The standard InChI is InChI=1S/C70H40O2/c1-3-19-45-41(15-1)17-13-29-47(45)67-53-25-9-5-21-49(53)65(50-22-6-10-26-54(50)67)43-31-33-59-63(39-43)71-61-37-35-58-57(69(59)61)36-38-62-70(58)60-34-32-44(40-64(60)72-62)66-51-23-7-11-27-55(51)68(56-28-12-8-24-52(56)66)48-30-14-18-42-16-2-4-20-46(42)48/h1-40H. The van der Waals surface area contributed by atoms with Crippen molar-refractivity contribution in [3.8, 4) is 44.5 Å². The molecule has 0 radical (unpaired) electrons. The highest BCUT2D eigenvalue weighted by atomic mass is 16.3. The van der Waals surface area contributed by atoms with Crippen LogP contribution in [0.5, 0.6) is 0 Å². The first kappa shape index (κ1) is 39.4. The SMILES string of the molecule is c1ccc2c(-c3c4ccccc4c(-c4ccc5c(c4)oc4ccc6c(ccc7oc8cc(-c9c%10ccccc%10c(-c%10cccc%11ccccc%10%11)c%10ccccc9%10)ccc8c76)c45)c4ccccc34)cccc2c1. The number of fused-ring (bicyclic) bond motifs is 15. The molecule has 2 heterocycles. The first-order chi connectivity index (χ1) is 35.7. The number of benzene rings is 14. The van der Waals surface area contributed by atoms with Crippen LogP contribution < -0.4 is 0 Å². The zero-order chi connectivity index (χ0) is 47.0. The van der Waals surface area contributed by atoms with Gasteiger partial charge >= 0.3 is 0 Å². The maximum Gasteiger partial charge on any atom is 0.136 e. The Kier molecular flexibility index (Phi) is 8.20. The topological polar surface area (TPSA) is 26.3 Å². The summed E-state index contributed by atoms with van der Waals surface area (Å²) in [6, 6.07) is 88.6. The third kappa shape index (κ3) is 5.55. The first-order valence-corrected chi connectivity index (χ1v) is 24.8. The fraction of sp³-hybridized carbons (Fsp3) is 0. The Labute approximate surface area is 413 Å². The molecule has 0 aliphatic carbocycles. The highest BCUT2D eigenvalue weighted by Gasteiger charge is 2.23. The molecule has 2 nitrogen and oxygen atoms in total. The summed E-state index contributed by atoms with van der Waals surface area (Å²) in [5.41, 5.74) is 13.2. The van der Waals surface area contributed by atoms with Crippen LogP contribution in [0, 0.1) is 0 Å². The molecule has 16 aromatic rings. The van der Waals surface area contributed by atoms with Crippen LogP contribution in [0.2, 0.25) is 0 Å². The van der Waals surface area contributed by atoms with Crippen LogP contribution >= 0.6 is 0 Å². The van der Waals surface area contributed by atoms with Crippen LogP contribution in [0.25, 0.3) is 164 Å². The van der Waals surface area contributed by atoms with Gasteiger partial charge in [0.1, 0.15) is 22.3 Å². The maximum atomic E-state index is 6.84. The van der Waals surface area contributed by atoms with Crippen molar-refractivity contribution < 1.29 is 8.83 Å². The van der Waals surface area contributed by atoms with Crippen molar-refractivity contribution in [2.24, 2.45) is 0 Å². The number of hydrogen-bond acceptors (Lipinski definition) is 2. The van der Waals surface area contributed by atoms with Gasteiger partial charge in [-0.3, -0.25) is 0 Å². The normalized spacial score (nSPS) is 12.2. The van der Waals surface area contributed by atoms with Gasteiger partial charge in [0.2, 0.25) is 0 Å². The van der Waals surface area contributed by atoms with Crippen molar-refractivity contribution >= 4 is 119 Å². The monoisotopic (exact) mass is 912 g/mol. The molecule has 332 valence electrons. The molecule has 0 fully saturated rings. The molecule has 0 aliphatic rings. The minimum atomic E-state index is 0.869. The van der Waals surface area contributed by atoms with Gasteiger partial charge in [-0.2, -0.15) is 0 Å². The molecule has 0 bridgehead atoms. The van der Waals surface area contributed by atoms with Crippen molar-refractivity contribution in [3.63, 3.8) is 0 Å². The average molecular weight is 913 g/mol. The molecule has 0 N–H and O–H groups in total. The third-order valence-corrected chi connectivity index (χ3v) is 15.6. The Morgan fingerprint density at radius 3 is 0.875 bits per heavy atom. The van der Waals surface area contributed by atoms with Gasteiger partial charge in [0.05, 0.1) is 0 Å². The zero-order valence-electron chi connectivity index (χ0n) is 38.9. The van der Waals surface area contributed by atoms with E-state index in [4.69, 9.17) is 8.83 Å². The molecule has 0 saturated carbocycles. The van der Waals surface area contributed by atoms with Gasteiger partial charge < -0.3 is 8.83 Å². The summed E-state index contributed by atoms with van der Waals surface area (Å²) in [5.74, 6) is 0. The van der Waals surface area contributed by atoms with Crippen LogP contribution in [-0.4, -0.2) is 0 Å². The molecule has 14 aromatic carbocycles. The molecule has 2 aromatic heterocycles. The number of hydrogen-bond donors (Lipinski definition) is 0. The minimum Gasteiger partial charge on any atom is -0.456 e. The summed E-state index contributed by atoms with van der Waals surface area (Å²) >= 11 is 0. The van der Waals surface area contributed by atoms with E-state index in [1.807, 2.05) is 0 Å². The predicted octanol–water partition coefficient (Wildman–Crippen LogP) is 20.2. The van der Waals surface area contributed by atoms with Crippen molar-refractivity contribution in [1.82, 2.24) is 0 Å². The van der Waals surface area contributed by atoms with E-state index in [9.17, 15) is 0 Å². The second-order valence-corrected chi connectivity index (χ2v) is 19.3. The van der Waals surface area contributed by atoms with E-state index in [1.165, 1.54) is 98.0 Å². The molecule has 0 atom stereocenters. The molecule has 0 saturated heterocycles. The summed E-state index contributed by atoms with van der Waals surface area (Å²) in [5, 5.41) is 21.5. The molecule has 0 aliphatic heterocycles. The van der Waals surface area contributed by atoms with Gasteiger partial charge in [-0.05, 0) is 168 Å². The van der Waals surface area contributed by atoms with Gasteiger partial charge in [0.15, 0.2) is 0 Å². The summed E-state index contributed by atoms with van der Waals surface area (Å²) in [6.45, 7) is 0. The third-order valence-electron chi connectivity index (χ3n) is 15.6. The fourth-order valence-corrected chi connectivity index (χ4v) is 12.6. The van der Waals surface area contributed by atoms with Crippen molar-refractivity contribution in [2.75, 3.05) is 0 Å². The van der Waals surface area contributed by atoms with E-state index in [0.717, 1.165) is 65.8 Å². The first-order valence-electron chi connectivity index (χ1n) is 24.8. The Hall–Kier alpha value is -9.50. The van der Waals surface area contributed by atoms with Gasteiger partial charge in [0, 0.05) is 21.5 Å². The summed E-state index contributed by atoms with van der Waals surface area (Å²) < 4.78 is 13.7. The molecule has 0 unspecified atom stereocenters. The summed E-state index contributed by atoms with van der Waals surface area (Å²) in [4.78, 5) is 0. The highest BCUT2D eigenvalue weighted by Crippen LogP contribution is 2.49. The molecular weight excluding hydrogens is 873 g/mol. The zero-order valence-corrected chi connectivity index (χ0v) is 38.9. The number of rotatable bonds is 4. The molecule has 72 heavy (non-hydrogen) atoms. The lowest BCUT2D eigenvalue weighted by Crippen LogP contribution is -1.91. The maximum absolute atomic E-state index is 6.84. The Balaban J connectivity index is 0.859. The van der Waals surface area contributed by atoms with Gasteiger partial charge in [0.25, 0.3) is 0 Å². The van der Waals surface area contributed by atoms with Gasteiger partial charge in [-0.15, -0.1) is 0 Å². The smallest absolute Gasteiger partial charge is 0.136 e. The molecule has 0 spiro atoms. The number of furan rings is 2. The largest absolute Gasteiger partial charge is 0.456 e. The Morgan fingerprint density at radius 1 is 0.194 bits per heavy atom. The highest BCUT2D eigenvalue weighted by molar-refractivity contribution is 6.30. The van der Waals surface area contributed by atoms with Crippen LogP contribution in [0.1, 0.15) is 0 Å². The van der Waals surface area contributed by atoms with Gasteiger partial charge in [-0.1, -0.05) is 194 Å². The van der Waals surface area contributed by atoms with Crippen LogP contribution in [0.15, 0.2) is 251 Å². The van der Waals surface area contributed by atoms with E-state index < -0.39 is 0 Å². The summed E-state index contributed by atoms with van der Waals surface area (Å²) in [6.07, 6.45) is 0. The van der Waals surface area contributed by atoms with E-state index in [0.29, 0.717) is 0 Å². The van der Waals surface area contributed by atoms with Gasteiger partial charge in [-0.25, -0.2) is 0 Å². The van der Waals surface area contributed by atoms with E-state index in [2.05, 4.69) is 243 Å². The molecule has 0 amide bonds. The molecular formula is C70H40O2. The minimum absolute atomic E-state index is 0.869. The molecule has 16 rings (SSSR count). The van der Waals surface area contributed by atoms with Crippen LogP contribution in [0.3, 0.4) is 0 Å². The van der Waals surface area contributed by atoms with Crippen molar-refractivity contribution in [2.45, 2.75) is 0 Å². The average Bonchev–Trinajstić information content (AvgIpc) is 4.01. The predicted molar refractivity (Wildman–Crippen MR) is 305 cm³/mol. The Bertz CT molecular complexity index is 4550. The Morgan fingerprint density at radius 2 is 0.500 bits per heavy atom. The second-order valence-electron chi connectivity index (χ2n) is 19.3. The quantitative estimate of drug-likeness (QED) is 0.164. The van der Waals surface area contributed by atoms with Crippen molar-refractivity contribution in [1.29, 1.82) is 0 Å². The summed E-state index contributed by atoms with van der Waals surface area (Å²) in [7, 11) is 0. The lowest BCUT2D eigenvalue weighted by molar-refractivity contribution is 0.668. The van der Waals surface area contributed by atoms with Crippen molar-refractivity contribution in [3.05, 3.63) is 243 Å². The van der Waals surface area contributed by atoms with E-state index in [1.54, 1.807) is 0 Å². The lowest BCUT2D eigenvalue weighted by atomic mass is 9.84. The van der Waals surface area contributed by atoms with Crippen LogP contribution in [-0.2, 0) is 0 Å². The molecule has 2 heteroatoms. The van der Waals surface area contributed by atoms with Crippen LogP contribution in [0.4, 0.5) is 0 Å².